The number of imide groups is 1. The van der Waals surface area contributed by atoms with Crippen LogP contribution >= 0.6 is 0 Å². The minimum Gasteiger partial charge on any atom is -0.444 e. The molecule has 35 heavy (non-hydrogen) atoms. The van der Waals surface area contributed by atoms with Crippen molar-refractivity contribution in [2.75, 3.05) is 13.1 Å². The molecule has 0 radical (unpaired) electrons. The molecule has 4 rings (SSSR count). The van der Waals surface area contributed by atoms with Crippen LogP contribution in [-0.2, 0) is 11.3 Å². The van der Waals surface area contributed by atoms with Gasteiger partial charge in [0.05, 0.1) is 11.1 Å². The van der Waals surface area contributed by atoms with Gasteiger partial charge in [0, 0.05) is 31.2 Å². The summed E-state index contributed by atoms with van der Waals surface area (Å²) in [6.45, 7) is 11.3. The van der Waals surface area contributed by atoms with Gasteiger partial charge in [-0.3, -0.25) is 19.4 Å². The first kappa shape index (κ1) is 24.9. The van der Waals surface area contributed by atoms with E-state index in [2.05, 4.69) is 22.3 Å². The summed E-state index contributed by atoms with van der Waals surface area (Å²) in [4.78, 5) is 42.3. The number of hydrogen-bond acceptors (Lipinski definition) is 5. The molecule has 0 spiro atoms. The summed E-state index contributed by atoms with van der Waals surface area (Å²) in [6.07, 6.45) is 0.296. The lowest BCUT2D eigenvalue weighted by atomic mass is 9.85. The second-order valence-corrected chi connectivity index (χ2v) is 11.1. The van der Waals surface area contributed by atoms with Crippen LogP contribution in [-0.4, -0.2) is 58.0 Å². The number of amides is 3. The lowest BCUT2D eigenvalue weighted by Gasteiger charge is -2.33. The van der Waals surface area contributed by atoms with Crippen molar-refractivity contribution in [3.8, 4) is 0 Å². The Balaban J connectivity index is 1.53. The van der Waals surface area contributed by atoms with E-state index in [1.807, 2.05) is 52.8 Å². The first-order valence-corrected chi connectivity index (χ1v) is 12.2. The number of carbonyl (C=O) groups excluding carboxylic acids is 3. The van der Waals surface area contributed by atoms with Crippen molar-refractivity contribution >= 4 is 17.9 Å². The minimum absolute atomic E-state index is 0.0258. The molecule has 3 amide bonds. The van der Waals surface area contributed by atoms with E-state index in [4.69, 9.17) is 4.74 Å². The van der Waals surface area contributed by atoms with Crippen molar-refractivity contribution < 1.29 is 19.1 Å². The first-order chi connectivity index (χ1) is 16.4. The summed E-state index contributed by atoms with van der Waals surface area (Å²) in [6, 6.07) is 17.1. The standard InChI is InChI=1S/C28H35N3O4/c1-27(2,3)35-26(34)29-28(4,5)20-15-21(30(17-20)16-19-11-7-6-8-12-19)18-31-24(32)22-13-9-10-14-23(22)25(31)33/h6-14,20-21H,15-18H2,1-5H3,(H,29,34)/t20-,21-/m0/s1. The van der Waals surface area contributed by atoms with E-state index in [0.29, 0.717) is 24.2 Å². The molecule has 2 aromatic rings. The molecule has 0 unspecified atom stereocenters. The number of ether oxygens (including phenoxy) is 1. The summed E-state index contributed by atoms with van der Waals surface area (Å²) in [5.41, 5.74) is 0.984. The third-order valence-electron chi connectivity index (χ3n) is 6.87. The van der Waals surface area contributed by atoms with Crippen molar-refractivity contribution in [3.05, 3.63) is 71.3 Å². The van der Waals surface area contributed by atoms with Crippen LogP contribution < -0.4 is 5.32 Å². The van der Waals surface area contributed by atoms with Gasteiger partial charge in [-0.05, 0) is 64.7 Å². The quantitative estimate of drug-likeness (QED) is 0.621. The Morgan fingerprint density at radius 2 is 1.51 bits per heavy atom. The van der Waals surface area contributed by atoms with Gasteiger partial charge in [-0.2, -0.15) is 0 Å². The number of hydrogen-bond donors (Lipinski definition) is 1. The Hall–Kier alpha value is -3.19. The van der Waals surface area contributed by atoms with Crippen molar-refractivity contribution in [2.45, 2.75) is 64.8 Å². The van der Waals surface area contributed by atoms with E-state index in [1.54, 1.807) is 24.3 Å². The summed E-state index contributed by atoms with van der Waals surface area (Å²) in [5, 5.41) is 3.05. The summed E-state index contributed by atoms with van der Waals surface area (Å²) < 4.78 is 5.49. The summed E-state index contributed by atoms with van der Waals surface area (Å²) in [5.74, 6) is -0.362. The predicted molar refractivity (Wildman–Crippen MR) is 134 cm³/mol. The second kappa shape index (κ2) is 9.46. The monoisotopic (exact) mass is 477 g/mol. The van der Waals surface area contributed by atoms with E-state index < -0.39 is 17.2 Å². The number of alkyl carbamates (subject to hydrolysis) is 1. The molecule has 2 atom stereocenters. The molecule has 1 saturated heterocycles. The van der Waals surface area contributed by atoms with Crippen LogP contribution in [0.25, 0.3) is 0 Å². The molecular formula is C28H35N3O4. The molecule has 0 bridgehead atoms. The van der Waals surface area contributed by atoms with Crippen molar-refractivity contribution in [1.82, 2.24) is 15.1 Å². The van der Waals surface area contributed by atoms with Crippen LogP contribution in [0.4, 0.5) is 4.79 Å². The fraction of sp³-hybridized carbons (Fsp3) is 0.464. The van der Waals surface area contributed by atoms with Gasteiger partial charge in [-0.1, -0.05) is 42.5 Å². The molecule has 2 aliphatic heterocycles. The molecule has 2 aromatic carbocycles. The van der Waals surface area contributed by atoms with Gasteiger partial charge in [-0.15, -0.1) is 0 Å². The Kier molecular flexibility index (Phi) is 6.73. The maximum absolute atomic E-state index is 13.0. The van der Waals surface area contributed by atoms with Crippen LogP contribution in [0.5, 0.6) is 0 Å². The lowest BCUT2D eigenvalue weighted by Crippen LogP contribution is -2.51. The molecule has 7 nitrogen and oxygen atoms in total. The predicted octanol–water partition coefficient (Wildman–Crippen LogP) is 4.48. The molecule has 0 aliphatic carbocycles. The zero-order chi connectivity index (χ0) is 25.4. The number of carbonyl (C=O) groups is 3. The average molecular weight is 478 g/mol. The third-order valence-corrected chi connectivity index (χ3v) is 6.87. The Morgan fingerprint density at radius 1 is 0.943 bits per heavy atom. The fourth-order valence-corrected chi connectivity index (χ4v) is 4.99. The van der Waals surface area contributed by atoms with E-state index >= 15 is 0 Å². The van der Waals surface area contributed by atoms with Crippen LogP contribution in [0, 0.1) is 5.92 Å². The molecule has 0 aromatic heterocycles. The van der Waals surface area contributed by atoms with Crippen LogP contribution in [0.1, 0.15) is 67.3 Å². The van der Waals surface area contributed by atoms with Gasteiger partial charge in [0.15, 0.2) is 0 Å². The topological polar surface area (TPSA) is 79.0 Å². The number of rotatable bonds is 6. The van der Waals surface area contributed by atoms with Crippen molar-refractivity contribution in [1.29, 1.82) is 0 Å². The Bertz CT molecular complexity index is 1070. The zero-order valence-electron chi connectivity index (χ0n) is 21.2. The smallest absolute Gasteiger partial charge is 0.408 e. The van der Waals surface area contributed by atoms with Gasteiger partial charge < -0.3 is 10.1 Å². The molecule has 2 heterocycles. The minimum atomic E-state index is -0.580. The molecular weight excluding hydrogens is 442 g/mol. The number of nitrogens with one attached hydrogen (secondary N) is 1. The number of likely N-dealkylation sites (tertiary alicyclic amines) is 1. The van der Waals surface area contributed by atoms with Gasteiger partial charge in [0.2, 0.25) is 0 Å². The molecule has 1 N–H and O–H groups in total. The maximum Gasteiger partial charge on any atom is 0.408 e. The molecule has 2 aliphatic rings. The van der Waals surface area contributed by atoms with Crippen LogP contribution in [0.2, 0.25) is 0 Å². The molecule has 0 saturated carbocycles. The number of benzene rings is 2. The molecule has 7 heteroatoms. The van der Waals surface area contributed by atoms with Crippen molar-refractivity contribution in [3.63, 3.8) is 0 Å². The summed E-state index contributed by atoms with van der Waals surface area (Å²) in [7, 11) is 0. The Labute approximate surface area is 207 Å². The summed E-state index contributed by atoms with van der Waals surface area (Å²) >= 11 is 0. The van der Waals surface area contributed by atoms with E-state index in [1.165, 1.54) is 10.5 Å². The SMILES string of the molecule is CC(C)(C)OC(=O)NC(C)(C)[C@H]1C[C@@H](CN2C(=O)c3ccccc3C2=O)N(Cc2ccccc2)C1. The maximum atomic E-state index is 13.0. The van der Waals surface area contributed by atoms with E-state index in [-0.39, 0.29) is 23.8 Å². The van der Waals surface area contributed by atoms with E-state index in [9.17, 15) is 14.4 Å². The van der Waals surface area contributed by atoms with Crippen LogP contribution in [0.15, 0.2) is 54.6 Å². The molecule has 186 valence electrons. The lowest BCUT2D eigenvalue weighted by molar-refractivity contribution is 0.0436. The normalized spacial score (nSPS) is 20.8. The largest absolute Gasteiger partial charge is 0.444 e. The highest BCUT2D eigenvalue weighted by Gasteiger charge is 2.45. The van der Waals surface area contributed by atoms with Crippen molar-refractivity contribution in [2.24, 2.45) is 5.92 Å². The Morgan fingerprint density at radius 3 is 2.09 bits per heavy atom. The van der Waals surface area contributed by atoms with Gasteiger partial charge in [-0.25, -0.2) is 4.79 Å². The fourth-order valence-electron chi connectivity index (χ4n) is 4.99. The van der Waals surface area contributed by atoms with Gasteiger partial charge >= 0.3 is 6.09 Å². The van der Waals surface area contributed by atoms with Gasteiger partial charge in [0.25, 0.3) is 11.8 Å². The number of fused-ring (bicyclic) bond motifs is 1. The highest BCUT2D eigenvalue weighted by atomic mass is 16.6. The zero-order valence-corrected chi connectivity index (χ0v) is 21.2. The van der Waals surface area contributed by atoms with Gasteiger partial charge in [0.1, 0.15) is 5.60 Å². The average Bonchev–Trinajstić information content (AvgIpc) is 3.28. The second-order valence-electron chi connectivity index (χ2n) is 11.1. The van der Waals surface area contributed by atoms with E-state index in [0.717, 1.165) is 13.0 Å². The first-order valence-electron chi connectivity index (χ1n) is 12.2. The van der Waals surface area contributed by atoms with Crippen LogP contribution in [0.3, 0.4) is 0 Å². The highest BCUT2D eigenvalue weighted by molar-refractivity contribution is 6.21. The number of nitrogens with zero attached hydrogens (tertiary/aromatic N) is 2. The third kappa shape index (κ3) is 5.56. The molecule has 1 fully saturated rings. The highest BCUT2D eigenvalue weighted by Crippen LogP contribution is 2.35.